The number of nitrogen functional groups attached to an aromatic ring is 1. The van der Waals surface area contributed by atoms with Gasteiger partial charge in [0.2, 0.25) is 17.8 Å². The van der Waals surface area contributed by atoms with Gasteiger partial charge >= 0.3 is 5.97 Å². The molecule has 2 atom stereocenters. The second-order valence-corrected chi connectivity index (χ2v) is 20.4. The zero-order valence-corrected chi connectivity index (χ0v) is 46.9. The van der Waals surface area contributed by atoms with Gasteiger partial charge in [0, 0.05) is 125 Å². The van der Waals surface area contributed by atoms with E-state index in [4.69, 9.17) is 39.0 Å². The van der Waals surface area contributed by atoms with Crippen LogP contribution in [0.5, 0.6) is 0 Å². The third kappa shape index (κ3) is 15.9. The largest absolute Gasteiger partial charge is 1.00 e. The average molecular weight is 1140 g/mol. The van der Waals surface area contributed by atoms with Crippen molar-refractivity contribution >= 4 is 92.0 Å². The topological polar surface area (TPSA) is 248 Å². The van der Waals surface area contributed by atoms with E-state index in [1.807, 2.05) is 104 Å². The summed E-state index contributed by atoms with van der Waals surface area (Å²) in [6.07, 6.45) is 14.7. The molecule has 10 rings (SSSR count). The van der Waals surface area contributed by atoms with Crippen LogP contribution in [0.2, 0.25) is 10.0 Å². The number of likely N-dealkylation sites (tertiary alicyclic amines) is 2. The highest BCUT2D eigenvalue weighted by atomic mass is 35.5. The van der Waals surface area contributed by atoms with Crippen molar-refractivity contribution in [3.05, 3.63) is 167 Å². The number of aromatic amines is 2. The number of rotatable bonds is 15. The second-order valence-electron chi connectivity index (χ2n) is 19.5. The Hall–Kier alpha value is -8.33. The van der Waals surface area contributed by atoms with E-state index in [-0.39, 0.29) is 42.2 Å². The van der Waals surface area contributed by atoms with Crippen LogP contribution < -0.4 is 39.0 Å². The van der Waals surface area contributed by atoms with Crippen molar-refractivity contribution in [3.63, 3.8) is 0 Å². The fourth-order valence-electron chi connectivity index (χ4n) is 8.91. The number of hydrogen-bond acceptors (Lipinski definition) is 12. The molecule has 2 fully saturated rings. The zero-order chi connectivity index (χ0) is 56.0. The highest BCUT2D eigenvalue weighted by molar-refractivity contribution is 6.33. The van der Waals surface area contributed by atoms with Crippen LogP contribution in [-0.4, -0.2) is 153 Å². The maximum Gasteiger partial charge on any atom is 0.328 e. The molecule has 0 aliphatic carbocycles. The highest BCUT2D eigenvalue weighted by Crippen LogP contribution is 2.34. The summed E-state index contributed by atoms with van der Waals surface area (Å²) < 4.78 is 0. The van der Waals surface area contributed by atoms with Crippen molar-refractivity contribution in [3.8, 4) is 22.5 Å². The van der Waals surface area contributed by atoms with Crippen LogP contribution in [0, 0.1) is 0 Å². The molecule has 0 radical (unpaired) electrons. The third-order valence-electron chi connectivity index (χ3n) is 12.9. The number of quaternary nitrogens is 1. The number of para-hydroxylation sites is 2. The number of nitrogens with two attached hydrogens (primary N) is 1. The lowest BCUT2D eigenvalue weighted by Crippen LogP contribution is -3.05. The van der Waals surface area contributed by atoms with E-state index in [2.05, 4.69) is 40.9 Å². The Morgan fingerprint density at radius 1 is 0.713 bits per heavy atom. The predicted octanol–water partition coefficient (Wildman–Crippen LogP) is 4.62. The number of halogens is 3. The van der Waals surface area contributed by atoms with Gasteiger partial charge < -0.3 is 68.8 Å². The molecule has 4 aromatic carbocycles. The Kier molecular flexibility index (Phi) is 20.8. The van der Waals surface area contributed by atoms with Gasteiger partial charge in [-0.2, -0.15) is 0 Å². The molecular weight excluding hydrogens is 1080 g/mol. The fraction of sp³-hybridized carbons (Fsp3) is 0.241. The van der Waals surface area contributed by atoms with Gasteiger partial charge in [0.15, 0.2) is 0 Å². The Labute approximate surface area is 479 Å². The van der Waals surface area contributed by atoms with Gasteiger partial charge in [-0.25, -0.2) is 24.7 Å². The number of H-pyrrole nitrogens is 2. The summed E-state index contributed by atoms with van der Waals surface area (Å²) in [6.45, 7) is 3.84. The number of hydrogen-bond donors (Lipinski definition) is 8. The van der Waals surface area contributed by atoms with Crippen LogP contribution in [0.3, 0.4) is 0 Å². The summed E-state index contributed by atoms with van der Waals surface area (Å²) >= 11 is 12.9. The Morgan fingerprint density at radius 3 is 1.65 bits per heavy atom. The van der Waals surface area contributed by atoms with Crippen LogP contribution in [-0.2, 0) is 9.59 Å². The van der Waals surface area contributed by atoms with E-state index in [1.165, 1.54) is 11.0 Å². The molecule has 0 bridgehead atoms. The van der Waals surface area contributed by atoms with Crippen molar-refractivity contribution in [1.29, 1.82) is 0 Å². The first-order valence-electron chi connectivity index (χ1n) is 25.6. The molecule has 0 saturated carbocycles. The van der Waals surface area contributed by atoms with Crippen molar-refractivity contribution in [2.45, 2.75) is 24.9 Å². The first-order valence-corrected chi connectivity index (χ1v) is 26.4. The number of aromatic nitrogens is 6. The van der Waals surface area contributed by atoms with Gasteiger partial charge in [0.05, 0.1) is 54.5 Å². The minimum absolute atomic E-state index is 0. The summed E-state index contributed by atoms with van der Waals surface area (Å²) in [5.74, 6) is -0.173. The van der Waals surface area contributed by atoms with E-state index in [0.717, 1.165) is 58.4 Å². The summed E-state index contributed by atoms with van der Waals surface area (Å²) in [5.41, 5.74) is 13.4. The van der Waals surface area contributed by atoms with Gasteiger partial charge in [0.1, 0.15) is 0 Å². The van der Waals surface area contributed by atoms with Crippen molar-refractivity contribution in [2.24, 2.45) is 0 Å². The molecule has 22 heteroatoms. The van der Waals surface area contributed by atoms with E-state index in [9.17, 15) is 19.2 Å². The summed E-state index contributed by atoms with van der Waals surface area (Å²) in [5, 5.41) is 20.7. The lowest BCUT2D eigenvalue weighted by molar-refractivity contribution is -0.851. The normalized spacial score (nSPS) is 14.9. The highest BCUT2D eigenvalue weighted by Gasteiger charge is 2.29. The molecule has 6 heterocycles. The number of amides is 3. The molecule has 80 heavy (non-hydrogen) atoms. The summed E-state index contributed by atoms with van der Waals surface area (Å²) in [7, 11) is 7.80. The molecule has 8 aromatic rings. The van der Waals surface area contributed by atoms with Gasteiger partial charge in [-0.1, -0.05) is 65.7 Å². The average Bonchev–Trinajstić information content (AvgIpc) is 4.31. The number of nitrogens with one attached hydrogen (secondary N) is 6. The van der Waals surface area contributed by atoms with E-state index in [1.54, 1.807) is 73.1 Å². The zero-order valence-electron chi connectivity index (χ0n) is 44.6. The first kappa shape index (κ1) is 59.3. The SMILES string of the molecule is CN(C)C/C=C/C(=O)Nc1ccc(C(=O)N2CC[C@H](Nc3ncc(Cl)c(-c4c[nH]c5ccccc45)n3)C2)cc1.C[NH+](C)C/C=C/C(=O)O.Nc1ccc(C(=O)N2CC[C@H](Nc3ncc(Cl)c(-c4c[nH]c5ccccc45)n3)C2)cc1.[Cl-]. The predicted molar refractivity (Wildman–Crippen MR) is 313 cm³/mol. The van der Waals surface area contributed by atoms with Crippen LogP contribution in [0.1, 0.15) is 33.6 Å². The van der Waals surface area contributed by atoms with Gasteiger partial charge in [-0.05, 0) is 93.7 Å². The molecular formula is C58H63Cl3N14O5. The van der Waals surface area contributed by atoms with Gasteiger partial charge in [-0.3, -0.25) is 14.4 Å². The van der Waals surface area contributed by atoms with Gasteiger partial charge in [0.25, 0.3) is 11.8 Å². The lowest BCUT2D eigenvalue weighted by atomic mass is 10.1. The smallest absolute Gasteiger partial charge is 0.328 e. The number of nitrogens with zero attached hydrogens (tertiary/aromatic N) is 7. The van der Waals surface area contributed by atoms with Crippen molar-refractivity contribution in [2.75, 3.05) is 89.1 Å². The fourth-order valence-corrected chi connectivity index (χ4v) is 9.30. The minimum Gasteiger partial charge on any atom is -1.00 e. The number of carbonyl (C=O) groups is 4. The molecule has 4 aromatic heterocycles. The van der Waals surface area contributed by atoms with Crippen LogP contribution in [0.15, 0.2) is 146 Å². The number of anilines is 4. The maximum atomic E-state index is 13.1. The number of likely N-dealkylation sites (N-methyl/N-ethyl adjacent to an activating group) is 2. The van der Waals surface area contributed by atoms with E-state index >= 15 is 0 Å². The molecule has 19 nitrogen and oxygen atoms in total. The van der Waals surface area contributed by atoms with Gasteiger partial charge in [-0.15, -0.1) is 0 Å². The van der Waals surface area contributed by atoms with E-state index < -0.39 is 5.97 Å². The van der Waals surface area contributed by atoms with Crippen molar-refractivity contribution < 1.29 is 41.6 Å². The maximum absolute atomic E-state index is 13.1. The Morgan fingerprint density at radius 2 is 1.19 bits per heavy atom. The molecule has 3 amide bonds. The second kappa shape index (κ2) is 28.0. The Balaban J connectivity index is 0.000000202. The molecule has 416 valence electrons. The Bertz CT molecular complexity index is 3480. The first-order chi connectivity index (χ1) is 38.1. The molecule has 2 aliphatic rings. The molecule has 2 aliphatic heterocycles. The quantitative estimate of drug-likeness (QED) is 0.0517. The monoisotopic (exact) mass is 1140 g/mol. The lowest BCUT2D eigenvalue weighted by Gasteiger charge is -2.18. The molecule has 0 unspecified atom stereocenters. The van der Waals surface area contributed by atoms with Crippen molar-refractivity contribution in [1.82, 2.24) is 44.6 Å². The number of carboxylic acid groups (broad SMARTS) is 1. The number of benzene rings is 4. The molecule has 0 spiro atoms. The summed E-state index contributed by atoms with van der Waals surface area (Å²) in [4.78, 5) is 79.2. The number of carboxylic acids is 1. The van der Waals surface area contributed by atoms with Crippen LogP contribution in [0.4, 0.5) is 23.3 Å². The molecule has 9 N–H and O–H groups in total. The minimum atomic E-state index is -0.878. The standard InChI is InChI=1S/C29H30ClN7O2.C23H21ClN6O.C6H11NO2.ClH/c1-36(2)14-5-8-26(38)33-20-11-9-19(10-12-20)28(39)37-15-13-21(18-37)34-29-32-17-24(30)27(35-29)23-16-31-25-7-4-3-6-22(23)25;24-19-12-27-23(29-21(19)18-11-26-20-4-2-1-3-17(18)20)28-16-9-10-30(13-16)22(31)14-5-7-15(25)8-6-14;1-7(2)5-3-4-6(8)9;/h3-12,16-17,21,31H,13-15,18H2,1-2H3,(H,33,38)(H,32,34,35);1-8,11-12,16,26H,9-10,13,25H2,(H,27,28,29);3-4H,5H2,1-2H3,(H,8,9);1H/b8-5+;;4-3+;/t21-;16-;;/m00../s1. The van der Waals surface area contributed by atoms with Crippen LogP contribution in [0.25, 0.3) is 44.3 Å². The third-order valence-corrected chi connectivity index (χ3v) is 13.4. The van der Waals surface area contributed by atoms with Crippen LogP contribution >= 0.6 is 23.2 Å². The number of aliphatic carboxylic acids is 1. The van der Waals surface area contributed by atoms with E-state index in [0.29, 0.717) is 88.6 Å². The number of fused-ring (bicyclic) bond motifs is 2. The summed E-state index contributed by atoms with van der Waals surface area (Å²) in [6, 6.07) is 30.0. The number of carbonyl (C=O) groups excluding carboxylic acids is 3. The molecule has 2 saturated heterocycles.